The minimum Gasteiger partial charge on any atom is -0.478 e. The van der Waals surface area contributed by atoms with Crippen LogP contribution in [0.15, 0.2) is 108 Å². The molecule has 48 heavy (non-hydrogen) atoms. The topological polar surface area (TPSA) is 109 Å². The number of hydrogen-bond donors (Lipinski definition) is 2. The first-order valence-electron chi connectivity index (χ1n) is 17.2. The number of carboxylic acids is 1. The van der Waals surface area contributed by atoms with Crippen LogP contribution in [-0.4, -0.2) is 64.6 Å². The SMILES string of the molecule is C=C(C1=CC=C(C(=O)O)CC=C1N(CC(=O)N1CCOCC1)Cc1ccc2nc(C3=CC=CC(N)=CC3)ccc2c1)C1CCCCCC1. The van der Waals surface area contributed by atoms with Crippen LogP contribution in [-0.2, 0) is 20.9 Å². The molecule has 0 radical (unpaired) electrons. The summed E-state index contributed by atoms with van der Waals surface area (Å²) < 4.78 is 5.52. The standard InChI is InChI=1S/C40H46N4O4/c1-28(30-7-4-2-3-5-8-30)35-17-13-32(40(46)47)15-20-38(35)44(27-39(45)43-21-23-48-24-22-43)26-29-11-18-37-33(25-29)14-19-36(42-37)31-9-6-10-34(41)16-12-31/h6,9-11,13-14,16-20,25,30H,1-5,7-8,12,15,21-24,26-27,41H2,(H,46,47). The number of nitrogens with two attached hydrogens (primary N) is 1. The zero-order valence-electron chi connectivity index (χ0n) is 27.7. The van der Waals surface area contributed by atoms with Crippen LogP contribution in [0.25, 0.3) is 16.5 Å². The maximum Gasteiger partial charge on any atom is 0.331 e. The third-order valence-electron chi connectivity index (χ3n) is 9.84. The monoisotopic (exact) mass is 646 g/mol. The highest BCUT2D eigenvalue weighted by Crippen LogP contribution is 2.37. The Hall–Kier alpha value is -4.69. The molecule has 0 atom stereocenters. The third kappa shape index (κ3) is 8.05. The number of allylic oxidation sites excluding steroid dienone is 9. The number of morpholine rings is 1. The lowest BCUT2D eigenvalue weighted by Gasteiger charge is -2.34. The van der Waals surface area contributed by atoms with Gasteiger partial charge in [-0.05, 0) is 72.6 Å². The lowest BCUT2D eigenvalue weighted by molar-refractivity contribution is -0.136. The Morgan fingerprint density at radius 1 is 1.00 bits per heavy atom. The average molecular weight is 647 g/mol. The number of carboxylic acid groups (broad SMARTS) is 1. The van der Waals surface area contributed by atoms with Crippen molar-refractivity contribution in [2.24, 2.45) is 11.7 Å². The first-order chi connectivity index (χ1) is 23.4. The van der Waals surface area contributed by atoms with Crippen molar-refractivity contribution in [3.05, 3.63) is 119 Å². The molecule has 2 fully saturated rings. The fourth-order valence-electron chi connectivity index (χ4n) is 7.04. The molecule has 1 aliphatic heterocycles. The summed E-state index contributed by atoms with van der Waals surface area (Å²) in [5, 5.41) is 10.9. The van der Waals surface area contributed by atoms with E-state index in [0.717, 1.165) is 82.4 Å². The van der Waals surface area contributed by atoms with Gasteiger partial charge in [-0.2, -0.15) is 0 Å². The van der Waals surface area contributed by atoms with Gasteiger partial charge < -0.3 is 25.4 Å². The second-order valence-electron chi connectivity index (χ2n) is 13.1. The lowest BCUT2D eigenvalue weighted by Crippen LogP contribution is -2.45. The van der Waals surface area contributed by atoms with Crippen molar-refractivity contribution >= 4 is 28.4 Å². The Morgan fingerprint density at radius 2 is 1.79 bits per heavy atom. The van der Waals surface area contributed by atoms with E-state index in [4.69, 9.17) is 15.5 Å². The number of ether oxygens (including phenoxy) is 1. The highest BCUT2D eigenvalue weighted by atomic mass is 16.5. The van der Waals surface area contributed by atoms with Gasteiger partial charge in [-0.1, -0.05) is 80.9 Å². The molecular weight excluding hydrogens is 600 g/mol. The van der Waals surface area contributed by atoms with Crippen LogP contribution in [0, 0.1) is 5.92 Å². The fraction of sp³-hybridized carbons (Fsp3) is 0.375. The Balaban J connectivity index is 1.33. The molecule has 8 nitrogen and oxygen atoms in total. The first-order valence-corrected chi connectivity index (χ1v) is 17.2. The number of hydrogen-bond acceptors (Lipinski definition) is 6. The lowest BCUT2D eigenvalue weighted by atomic mass is 9.86. The van der Waals surface area contributed by atoms with Crippen LogP contribution in [0.2, 0.25) is 0 Å². The van der Waals surface area contributed by atoms with Gasteiger partial charge in [0.05, 0.1) is 31.0 Å². The highest BCUT2D eigenvalue weighted by Gasteiger charge is 2.27. The molecule has 1 amide bonds. The molecule has 4 aliphatic rings. The minimum absolute atomic E-state index is 0.0294. The molecule has 3 aliphatic carbocycles. The van der Waals surface area contributed by atoms with Crippen LogP contribution in [0.5, 0.6) is 0 Å². The van der Waals surface area contributed by atoms with Gasteiger partial charge in [-0.15, -0.1) is 0 Å². The molecule has 1 saturated carbocycles. The maximum atomic E-state index is 13.8. The molecule has 1 aromatic heterocycles. The van der Waals surface area contributed by atoms with Gasteiger partial charge in [-0.25, -0.2) is 9.78 Å². The van der Waals surface area contributed by atoms with Crippen molar-refractivity contribution in [1.29, 1.82) is 0 Å². The predicted octanol–water partition coefficient (Wildman–Crippen LogP) is 6.83. The van der Waals surface area contributed by atoms with Crippen LogP contribution >= 0.6 is 0 Å². The number of nitrogens with zero attached hydrogens (tertiary/aromatic N) is 3. The number of amides is 1. The number of fused-ring (bicyclic) bond motifs is 1. The number of carbonyl (C=O) groups excluding carboxylic acids is 1. The molecule has 250 valence electrons. The van der Waals surface area contributed by atoms with E-state index in [9.17, 15) is 14.7 Å². The summed E-state index contributed by atoms with van der Waals surface area (Å²) in [6, 6.07) is 10.4. The van der Waals surface area contributed by atoms with E-state index in [1.54, 1.807) is 6.08 Å². The van der Waals surface area contributed by atoms with Gasteiger partial charge in [0.15, 0.2) is 0 Å². The van der Waals surface area contributed by atoms with Crippen molar-refractivity contribution in [2.75, 3.05) is 32.8 Å². The molecule has 3 N–H and O–H groups in total. The number of carbonyl (C=O) groups is 2. The summed E-state index contributed by atoms with van der Waals surface area (Å²) in [5.41, 5.74) is 13.8. The third-order valence-corrected chi connectivity index (χ3v) is 9.84. The second-order valence-corrected chi connectivity index (χ2v) is 13.1. The summed E-state index contributed by atoms with van der Waals surface area (Å²) in [6.45, 7) is 7.42. The summed E-state index contributed by atoms with van der Waals surface area (Å²) in [7, 11) is 0. The van der Waals surface area contributed by atoms with E-state index in [1.165, 1.54) is 12.8 Å². The quantitative estimate of drug-likeness (QED) is 0.288. The molecule has 1 saturated heterocycles. The van der Waals surface area contributed by atoms with Crippen LogP contribution < -0.4 is 5.73 Å². The van der Waals surface area contributed by atoms with Crippen molar-refractivity contribution < 1.29 is 19.4 Å². The van der Waals surface area contributed by atoms with Crippen LogP contribution in [0.1, 0.15) is 62.6 Å². The Morgan fingerprint density at radius 3 is 2.56 bits per heavy atom. The van der Waals surface area contributed by atoms with Crippen molar-refractivity contribution in [3.8, 4) is 0 Å². The first kappa shape index (κ1) is 33.2. The molecule has 2 aromatic rings. The van der Waals surface area contributed by atoms with E-state index in [0.29, 0.717) is 44.3 Å². The Bertz CT molecular complexity index is 1740. The smallest absolute Gasteiger partial charge is 0.331 e. The minimum atomic E-state index is -0.935. The van der Waals surface area contributed by atoms with E-state index in [1.807, 2.05) is 47.4 Å². The molecule has 2 heterocycles. The van der Waals surface area contributed by atoms with Crippen molar-refractivity contribution in [1.82, 2.24) is 14.8 Å². The number of aliphatic carboxylic acids is 1. The molecule has 0 unspecified atom stereocenters. The normalized spacial score (nSPS) is 19.2. The Labute approximate surface area is 283 Å². The number of pyridine rings is 1. The van der Waals surface area contributed by atoms with Gasteiger partial charge in [-0.3, -0.25) is 4.79 Å². The van der Waals surface area contributed by atoms with E-state index >= 15 is 0 Å². The molecule has 6 rings (SSSR count). The fourth-order valence-corrected chi connectivity index (χ4v) is 7.04. The van der Waals surface area contributed by atoms with E-state index in [-0.39, 0.29) is 18.9 Å². The van der Waals surface area contributed by atoms with E-state index in [2.05, 4.69) is 35.8 Å². The largest absolute Gasteiger partial charge is 0.478 e. The van der Waals surface area contributed by atoms with Gasteiger partial charge in [0.2, 0.25) is 5.91 Å². The van der Waals surface area contributed by atoms with Gasteiger partial charge in [0, 0.05) is 47.6 Å². The zero-order chi connectivity index (χ0) is 33.5. The summed E-state index contributed by atoms with van der Waals surface area (Å²) >= 11 is 0. The van der Waals surface area contributed by atoms with Gasteiger partial charge in [0.25, 0.3) is 0 Å². The van der Waals surface area contributed by atoms with Crippen molar-refractivity contribution in [3.63, 3.8) is 0 Å². The predicted molar refractivity (Wildman–Crippen MR) is 190 cm³/mol. The highest BCUT2D eigenvalue weighted by molar-refractivity contribution is 5.88. The van der Waals surface area contributed by atoms with Crippen LogP contribution in [0.4, 0.5) is 0 Å². The number of aromatic nitrogens is 1. The van der Waals surface area contributed by atoms with Crippen LogP contribution in [0.3, 0.4) is 0 Å². The van der Waals surface area contributed by atoms with E-state index < -0.39 is 5.97 Å². The van der Waals surface area contributed by atoms with Gasteiger partial charge >= 0.3 is 5.97 Å². The average Bonchev–Trinajstić information content (AvgIpc) is 3.60. The second kappa shape index (κ2) is 15.5. The zero-order valence-corrected chi connectivity index (χ0v) is 27.7. The number of rotatable bonds is 9. The maximum absolute atomic E-state index is 13.8. The summed E-state index contributed by atoms with van der Waals surface area (Å²) in [5.74, 6) is -0.580. The van der Waals surface area contributed by atoms with Gasteiger partial charge in [0.1, 0.15) is 0 Å². The molecule has 0 spiro atoms. The summed E-state index contributed by atoms with van der Waals surface area (Å²) in [6.07, 6.45) is 21.4. The Kier molecular flexibility index (Phi) is 10.7. The van der Waals surface area contributed by atoms with Crippen molar-refractivity contribution in [2.45, 2.75) is 57.9 Å². The molecule has 0 bridgehead atoms. The molecular formula is C40H46N4O4. The summed E-state index contributed by atoms with van der Waals surface area (Å²) in [4.78, 5) is 34.8. The molecule has 8 heteroatoms. The number of benzene rings is 1. The molecule has 1 aromatic carbocycles.